The molecule has 0 spiro atoms. The highest BCUT2D eigenvalue weighted by Gasteiger charge is 2.21. The molecule has 5 heteroatoms. The molecule has 0 aliphatic carbocycles. The molecule has 1 heterocycles. The largest absolute Gasteiger partial charge is 0.478 e. The van der Waals surface area contributed by atoms with Crippen molar-refractivity contribution in [3.8, 4) is 0 Å². The number of para-hydroxylation sites is 1. The van der Waals surface area contributed by atoms with Crippen LogP contribution in [0.25, 0.3) is 11.0 Å². The van der Waals surface area contributed by atoms with Crippen molar-refractivity contribution in [3.63, 3.8) is 0 Å². The molecule has 0 aliphatic heterocycles. The van der Waals surface area contributed by atoms with E-state index in [1.165, 1.54) is 0 Å². The number of unbranched alkanes of at least 4 members (excludes halogenated alkanes) is 1. The van der Waals surface area contributed by atoms with E-state index in [1.54, 1.807) is 24.3 Å². The maximum atomic E-state index is 11.9. The van der Waals surface area contributed by atoms with Gasteiger partial charge in [-0.1, -0.05) is 31.5 Å². The summed E-state index contributed by atoms with van der Waals surface area (Å²) in [5, 5.41) is 9.85. The third kappa shape index (κ3) is 3.04. The Morgan fingerprint density at radius 2 is 2.11 bits per heavy atom. The Morgan fingerprint density at radius 3 is 2.79 bits per heavy atom. The summed E-state index contributed by atoms with van der Waals surface area (Å²) in [6, 6.07) is 6.98. The fraction of sp³-hybridized carbons (Fsp3) is 0.357. The van der Waals surface area contributed by atoms with E-state index in [0.717, 1.165) is 12.8 Å². The van der Waals surface area contributed by atoms with Gasteiger partial charge < -0.3 is 9.52 Å². The predicted octanol–water partition coefficient (Wildman–Crippen LogP) is 3.18. The molecular formula is C14H16O4S. The molecule has 0 saturated heterocycles. The zero-order chi connectivity index (χ0) is 13.8. The van der Waals surface area contributed by atoms with Gasteiger partial charge in [-0.25, -0.2) is 4.79 Å². The molecule has 0 saturated carbocycles. The summed E-state index contributed by atoms with van der Waals surface area (Å²) in [7, 11) is -1.08. The summed E-state index contributed by atoms with van der Waals surface area (Å²) in [6.07, 6.45) is 1.84. The van der Waals surface area contributed by atoms with Gasteiger partial charge in [-0.3, -0.25) is 4.21 Å². The Bertz CT molecular complexity index is 615. The lowest BCUT2D eigenvalue weighted by Crippen LogP contribution is -2.05. The Morgan fingerprint density at radius 1 is 1.37 bits per heavy atom. The Kier molecular flexibility index (Phi) is 4.37. The lowest BCUT2D eigenvalue weighted by atomic mass is 10.1. The molecule has 0 fully saturated rings. The zero-order valence-corrected chi connectivity index (χ0v) is 11.5. The van der Waals surface area contributed by atoms with Crippen LogP contribution >= 0.6 is 0 Å². The number of hydrogen-bond donors (Lipinski definition) is 1. The van der Waals surface area contributed by atoms with Crippen LogP contribution in [0.5, 0.6) is 0 Å². The number of aromatic carboxylic acids is 1. The second-order valence-corrected chi connectivity index (χ2v) is 5.92. The molecule has 1 unspecified atom stereocenters. The van der Waals surface area contributed by atoms with Crippen LogP contribution in [-0.4, -0.2) is 21.0 Å². The minimum atomic E-state index is -1.08. The van der Waals surface area contributed by atoms with Crippen LogP contribution in [0.4, 0.5) is 0 Å². The first-order valence-electron chi connectivity index (χ1n) is 6.22. The standard InChI is InChI=1S/C14H16O4S/c1-2-3-8-19(17)9-12-13(14(15)16)10-6-4-5-7-11(10)18-12/h4-7H,2-3,8-9H2,1H3,(H,15,16). The van der Waals surface area contributed by atoms with Crippen LogP contribution in [0.3, 0.4) is 0 Å². The van der Waals surface area contributed by atoms with Gasteiger partial charge in [0.15, 0.2) is 0 Å². The highest BCUT2D eigenvalue weighted by atomic mass is 32.2. The zero-order valence-electron chi connectivity index (χ0n) is 10.7. The molecule has 0 radical (unpaired) electrons. The number of carboxylic acid groups (broad SMARTS) is 1. The summed E-state index contributed by atoms with van der Waals surface area (Å²) in [5.74, 6) is 0.0127. The van der Waals surface area contributed by atoms with Crippen LogP contribution in [0, 0.1) is 0 Å². The predicted molar refractivity (Wildman–Crippen MR) is 74.8 cm³/mol. The van der Waals surface area contributed by atoms with E-state index < -0.39 is 16.8 Å². The molecule has 0 bridgehead atoms. The van der Waals surface area contributed by atoms with E-state index in [2.05, 4.69) is 0 Å². The maximum absolute atomic E-state index is 11.9. The van der Waals surface area contributed by atoms with Gasteiger partial charge >= 0.3 is 5.97 Å². The minimum Gasteiger partial charge on any atom is -0.478 e. The smallest absolute Gasteiger partial charge is 0.339 e. The highest BCUT2D eigenvalue weighted by Crippen LogP contribution is 2.26. The van der Waals surface area contributed by atoms with Crippen LogP contribution in [-0.2, 0) is 16.6 Å². The molecule has 19 heavy (non-hydrogen) atoms. The lowest BCUT2D eigenvalue weighted by molar-refractivity contribution is 0.0697. The molecule has 2 aromatic rings. The Labute approximate surface area is 113 Å². The number of fused-ring (bicyclic) bond motifs is 1. The van der Waals surface area contributed by atoms with Crippen molar-refractivity contribution >= 4 is 27.7 Å². The normalized spacial score (nSPS) is 12.7. The molecule has 1 aromatic heterocycles. The summed E-state index contributed by atoms with van der Waals surface area (Å²) >= 11 is 0. The molecule has 0 amide bonds. The van der Waals surface area contributed by atoms with Gasteiger partial charge in [-0.15, -0.1) is 0 Å². The monoisotopic (exact) mass is 280 g/mol. The molecule has 4 nitrogen and oxygen atoms in total. The van der Waals surface area contributed by atoms with Gasteiger partial charge in [0, 0.05) is 21.9 Å². The average molecular weight is 280 g/mol. The Balaban J connectivity index is 2.34. The number of benzene rings is 1. The number of carboxylic acids is 1. The summed E-state index contributed by atoms with van der Waals surface area (Å²) in [6.45, 7) is 2.03. The number of carbonyl (C=O) groups is 1. The van der Waals surface area contributed by atoms with Crippen molar-refractivity contribution in [3.05, 3.63) is 35.6 Å². The average Bonchev–Trinajstić information content (AvgIpc) is 2.74. The SMILES string of the molecule is CCCCS(=O)Cc1oc2ccccc2c1C(=O)O. The second-order valence-electron chi connectivity index (χ2n) is 4.34. The third-order valence-corrected chi connectivity index (χ3v) is 4.23. The van der Waals surface area contributed by atoms with Crippen molar-refractivity contribution in [1.29, 1.82) is 0 Å². The first kappa shape index (κ1) is 13.8. The fourth-order valence-electron chi connectivity index (χ4n) is 1.96. The maximum Gasteiger partial charge on any atom is 0.339 e. The molecule has 1 N–H and O–H groups in total. The minimum absolute atomic E-state index is 0.139. The third-order valence-electron chi connectivity index (χ3n) is 2.90. The van der Waals surface area contributed by atoms with Gasteiger partial charge in [0.1, 0.15) is 16.9 Å². The van der Waals surface area contributed by atoms with Gasteiger partial charge in [0.25, 0.3) is 0 Å². The summed E-state index contributed by atoms with van der Waals surface area (Å²) in [4.78, 5) is 11.3. The lowest BCUT2D eigenvalue weighted by Gasteiger charge is -2.00. The van der Waals surface area contributed by atoms with Crippen molar-refractivity contribution in [1.82, 2.24) is 0 Å². The van der Waals surface area contributed by atoms with Crippen molar-refractivity contribution in [2.45, 2.75) is 25.5 Å². The number of furan rings is 1. The number of rotatable bonds is 6. The van der Waals surface area contributed by atoms with Crippen LogP contribution in [0.2, 0.25) is 0 Å². The molecule has 1 aromatic carbocycles. The highest BCUT2D eigenvalue weighted by molar-refractivity contribution is 7.84. The van der Waals surface area contributed by atoms with E-state index in [0.29, 0.717) is 22.5 Å². The fourth-order valence-corrected chi connectivity index (χ4v) is 3.21. The van der Waals surface area contributed by atoms with Crippen LogP contribution < -0.4 is 0 Å². The van der Waals surface area contributed by atoms with Crippen molar-refractivity contribution < 1.29 is 18.5 Å². The van der Waals surface area contributed by atoms with Crippen molar-refractivity contribution in [2.24, 2.45) is 0 Å². The molecule has 102 valence electrons. The molecule has 0 aliphatic rings. The van der Waals surface area contributed by atoms with Gasteiger partial charge in [-0.2, -0.15) is 0 Å². The topological polar surface area (TPSA) is 67.5 Å². The summed E-state index contributed by atoms with van der Waals surface area (Å²) < 4.78 is 17.4. The quantitative estimate of drug-likeness (QED) is 0.882. The van der Waals surface area contributed by atoms with Gasteiger partial charge in [-0.05, 0) is 12.5 Å². The molecular weight excluding hydrogens is 264 g/mol. The molecule has 1 atom stereocenters. The Hall–Kier alpha value is -1.62. The van der Waals surface area contributed by atoms with E-state index >= 15 is 0 Å². The first-order chi connectivity index (χ1) is 9.13. The summed E-state index contributed by atoms with van der Waals surface area (Å²) in [5.41, 5.74) is 0.669. The van der Waals surface area contributed by atoms with Crippen LogP contribution in [0.15, 0.2) is 28.7 Å². The van der Waals surface area contributed by atoms with E-state index in [4.69, 9.17) is 4.42 Å². The molecule has 2 rings (SSSR count). The first-order valence-corrected chi connectivity index (χ1v) is 7.71. The van der Waals surface area contributed by atoms with E-state index in [9.17, 15) is 14.1 Å². The van der Waals surface area contributed by atoms with E-state index in [1.807, 2.05) is 6.92 Å². The van der Waals surface area contributed by atoms with Gasteiger partial charge in [0.05, 0.1) is 5.75 Å². The second kappa shape index (κ2) is 6.02. The van der Waals surface area contributed by atoms with Crippen molar-refractivity contribution in [2.75, 3.05) is 5.75 Å². The van der Waals surface area contributed by atoms with E-state index in [-0.39, 0.29) is 11.3 Å². The number of hydrogen-bond acceptors (Lipinski definition) is 3. The van der Waals surface area contributed by atoms with Crippen LogP contribution in [0.1, 0.15) is 35.9 Å². The van der Waals surface area contributed by atoms with Gasteiger partial charge in [0.2, 0.25) is 0 Å².